The Morgan fingerprint density at radius 1 is 1.40 bits per heavy atom. The van der Waals surface area contributed by atoms with Crippen molar-refractivity contribution in [3.63, 3.8) is 0 Å². The summed E-state index contributed by atoms with van der Waals surface area (Å²) in [4.78, 5) is 0. The molecule has 0 saturated heterocycles. The van der Waals surface area contributed by atoms with E-state index in [0.29, 0.717) is 6.42 Å². The van der Waals surface area contributed by atoms with Crippen LogP contribution in [0.2, 0.25) is 0 Å². The molecule has 86 valence electrons. The van der Waals surface area contributed by atoms with Gasteiger partial charge >= 0.3 is 0 Å². The van der Waals surface area contributed by atoms with Gasteiger partial charge in [-0.05, 0) is 18.9 Å². The highest BCUT2D eigenvalue weighted by atomic mass is 16.3. The van der Waals surface area contributed by atoms with E-state index in [4.69, 9.17) is 0 Å². The van der Waals surface area contributed by atoms with Crippen LogP contribution in [-0.2, 0) is 13.5 Å². The Morgan fingerprint density at radius 3 is 2.40 bits per heavy atom. The highest BCUT2D eigenvalue weighted by molar-refractivity contribution is 5.09. The van der Waals surface area contributed by atoms with E-state index in [1.807, 2.05) is 33.9 Å². The van der Waals surface area contributed by atoms with Crippen LogP contribution in [0.25, 0.3) is 0 Å². The lowest BCUT2D eigenvalue weighted by Gasteiger charge is -2.20. The Morgan fingerprint density at radius 2 is 2.00 bits per heavy atom. The fourth-order valence-corrected chi connectivity index (χ4v) is 1.63. The van der Waals surface area contributed by atoms with Crippen molar-refractivity contribution >= 4 is 0 Å². The molecule has 0 bridgehead atoms. The predicted molar refractivity (Wildman–Crippen MR) is 58.5 cm³/mol. The first-order valence-corrected chi connectivity index (χ1v) is 5.27. The molecule has 2 N–H and O–H groups in total. The molecule has 2 unspecified atom stereocenters. The Bertz CT molecular complexity index is 320. The van der Waals surface area contributed by atoms with Crippen molar-refractivity contribution in [3.8, 4) is 0 Å². The molecule has 0 aliphatic rings. The molecule has 1 rings (SSSR count). The third-order valence-corrected chi connectivity index (χ3v) is 2.59. The molecule has 0 aromatic carbocycles. The largest absolute Gasteiger partial charge is 0.390 e. The van der Waals surface area contributed by atoms with Crippen LogP contribution >= 0.6 is 0 Å². The second-order valence-electron chi connectivity index (χ2n) is 4.41. The maximum Gasteiger partial charge on any atom is 0.0856 e. The van der Waals surface area contributed by atoms with Crippen LogP contribution in [0.15, 0.2) is 6.07 Å². The Hall–Kier alpha value is -0.870. The molecule has 4 heteroatoms. The molecular formula is C11H20N2O2. The van der Waals surface area contributed by atoms with Gasteiger partial charge < -0.3 is 10.2 Å². The minimum absolute atomic E-state index is 0.0642. The number of rotatable bonds is 4. The van der Waals surface area contributed by atoms with Crippen molar-refractivity contribution < 1.29 is 10.2 Å². The number of aliphatic hydroxyl groups excluding tert-OH is 2. The van der Waals surface area contributed by atoms with Crippen LogP contribution in [0.3, 0.4) is 0 Å². The van der Waals surface area contributed by atoms with Crippen LogP contribution in [0.1, 0.15) is 25.2 Å². The van der Waals surface area contributed by atoms with E-state index in [0.717, 1.165) is 11.4 Å². The fourth-order valence-electron chi connectivity index (χ4n) is 1.63. The zero-order valence-corrected chi connectivity index (χ0v) is 9.81. The van der Waals surface area contributed by atoms with Crippen LogP contribution in [-0.4, -0.2) is 32.2 Å². The molecule has 1 aromatic heterocycles. The highest BCUT2D eigenvalue weighted by Crippen LogP contribution is 2.12. The van der Waals surface area contributed by atoms with E-state index in [1.165, 1.54) is 0 Å². The summed E-state index contributed by atoms with van der Waals surface area (Å²) in [5, 5.41) is 23.7. The van der Waals surface area contributed by atoms with Crippen LogP contribution in [0, 0.1) is 12.8 Å². The van der Waals surface area contributed by atoms with Gasteiger partial charge in [-0.2, -0.15) is 5.10 Å². The first kappa shape index (κ1) is 12.2. The summed E-state index contributed by atoms with van der Waals surface area (Å²) in [6, 6.07) is 1.93. The molecule has 1 aromatic rings. The quantitative estimate of drug-likeness (QED) is 0.770. The highest BCUT2D eigenvalue weighted by Gasteiger charge is 2.21. The Balaban J connectivity index is 2.65. The third kappa shape index (κ3) is 3.04. The summed E-state index contributed by atoms with van der Waals surface area (Å²) in [7, 11) is 1.84. The number of hydrogen-bond donors (Lipinski definition) is 2. The maximum absolute atomic E-state index is 9.78. The lowest BCUT2D eigenvalue weighted by molar-refractivity contribution is -0.00817. The van der Waals surface area contributed by atoms with Gasteiger partial charge in [-0.1, -0.05) is 13.8 Å². The molecule has 0 radical (unpaired) electrons. The first-order valence-electron chi connectivity index (χ1n) is 5.27. The maximum atomic E-state index is 9.78. The smallest absolute Gasteiger partial charge is 0.0856 e. The minimum atomic E-state index is -0.722. The van der Waals surface area contributed by atoms with Crippen molar-refractivity contribution in [3.05, 3.63) is 17.5 Å². The van der Waals surface area contributed by atoms with E-state index in [9.17, 15) is 10.2 Å². The molecule has 0 amide bonds. The Labute approximate surface area is 90.5 Å². The van der Waals surface area contributed by atoms with E-state index in [1.54, 1.807) is 4.68 Å². The number of aromatic nitrogens is 2. The van der Waals surface area contributed by atoms with Gasteiger partial charge in [-0.25, -0.2) is 0 Å². The van der Waals surface area contributed by atoms with E-state index < -0.39 is 12.2 Å². The lowest BCUT2D eigenvalue weighted by atomic mass is 9.98. The summed E-state index contributed by atoms with van der Waals surface area (Å²) >= 11 is 0. The second kappa shape index (κ2) is 4.77. The number of hydrogen-bond acceptors (Lipinski definition) is 3. The number of aryl methyl sites for hydroxylation is 2. The van der Waals surface area contributed by atoms with Crippen molar-refractivity contribution in [2.24, 2.45) is 13.0 Å². The number of nitrogens with zero attached hydrogens (tertiary/aromatic N) is 2. The van der Waals surface area contributed by atoms with Gasteiger partial charge in [0.1, 0.15) is 0 Å². The topological polar surface area (TPSA) is 58.3 Å². The molecule has 0 saturated carbocycles. The first-order chi connectivity index (χ1) is 6.91. The van der Waals surface area contributed by atoms with Crippen molar-refractivity contribution in [1.29, 1.82) is 0 Å². The van der Waals surface area contributed by atoms with Crippen LogP contribution in [0.4, 0.5) is 0 Å². The van der Waals surface area contributed by atoms with Gasteiger partial charge in [0.15, 0.2) is 0 Å². The van der Waals surface area contributed by atoms with E-state index in [2.05, 4.69) is 5.10 Å². The van der Waals surface area contributed by atoms with Crippen molar-refractivity contribution in [2.45, 2.75) is 39.4 Å². The Kier molecular flexibility index (Phi) is 3.88. The SMILES string of the molecule is Cc1cc(CC(O)C(O)C(C)C)n(C)n1. The predicted octanol–water partition coefficient (Wildman–Crippen LogP) is 0.649. The molecule has 15 heavy (non-hydrogen) atoms. The van der Waals surface area contributed by atoms with Crippen LogP contribution < -0.4 is 0 Å². The van der Waals surface area contributed by atoms with Crippen LogP contribution in [0.5, 0.6) is 0 Å². The van der Waals surface area contributed by atoms with Gasteiger partial charge in [0, 0.05) is 19.2 Å². The van der Waals surface area contributed by atoms with E-state index in [-0.39, 0.29) is 5.92 Å². The second-order valence-corrected chi connectivity index (χ2v) is 4.41. The summed E-state index contributed by atoms with van der Waals surface area (Å²) in [5.74, 6) is 0.0642. The van der Waals surface area contributed by atoms with Crippen molar-refractivity contribution in [1.82, 2.24) is 9.78 Å². The molecule has 0 aliphatic heterocycles. The van der Waals surface area contributed by atoms with Gasteiger partial charge in [0.25, 0.3) is 0 Å². The third-order valence-electron chi connectivity index (χ3n) is 2.59. The molecule has 0 aliphatic carbocycles. The summed E-state index contributed by atoms with van der Waals surface area (Å²) < 4.78 is 1.74. The van der Waals surface area contributed by atoms with Gasteiger partial charge in [-0.15, -0.1) is 0 Å². The zero-order chi connectivity index (χ0) is 11.6. The molecule has 0 spiro atoms. The summed E-state index contributed by atoms with van der Waals surface area (Å²) in [6.45, 7) is 5.69. The average Bonchev–Trinajstić information content (AvgIpc) is 2.43. The molecule has 4 nitrogen and oxygen atoms in total. The summed E-state index contributed by atoms with van der Waals surface area (Å²) in [6.07, 6.45) is -0.962. The number of aliphatic hydroxyl groups is 2. The molecular weight excluding hydrogens is 192 g/mol. The van der Waals surface area contributed by atoms with E-state index >= 15 is 0 Å². The lowest BCUT2D eigenvalue weighted by Crippen LogP contribution is -2.33. The van der Waals surface area contributed by atoms with Gasteiger partial charge in [0.2, 0.25) is 0 Å². The van der Waals surface area contributed by atoms with Crippen molar-refractivity contribution in [2.75, 3.05) is 0 Å². The standard InChI is InChI=1S/C11H20N2O2/c1-7(2)11(15)10(14)6-9-5-8(3)12-13(9)4/h5,7,10-11,14-15H,6H2,1-4H3. The average molecular weight is 212 g/mol. The fraction of sp³-hybridized carbons (Fsp3) is 0.727. The normalized spacial score (nSPS) is 15.7. The molecule has 0 fully saturated rings. The molecule has 1 heterocycles. The summed E-state index contributed by atoms with van der Waals surface area (Å²) in [5.41, 5.74) is 1.87. The zero-order valence-electron chi connectivity index (χ0n) is 9.81. The monoisotopic (exact) mass is 212 g/mol. The molecule has 2 atom stereocenters. The minimum Gasteiger partial charge on any atom is -0.390 e. The van der Waals surface area contributed by atoms with Gasteiger partial charge in [0.05, 0.1) is 17.9 Å². The van der Waals surface area contributed by atoms with Gasteiger partial charge in [-0.3, -0.25) is 4.68 Å².